The summed E-state index contributed by atoms with van der Waals surface area (Å²) in [5.41, 5.74) is 4.03. The molecule has 6 rings (SSSR count). The molecule has 0 bridgehead atoms. The van der Waals surface area contributed by atoms with Crippen molar-refractivity contribution in [1.29, 1.82) is 0 Å². The molecule has 7 heteroatoms. The standard InChI is InChI=1S/C27H17BN3O3/c32-28-34-20-12-14-22-21-13-11-19(15-23(21)33-24(22)16-20)27-30-25(17-7-3-1-4-8-17)29-26(31-27)18-9-5-2-6-10-18/h1-16,32H. The highest BCUT2D eigenvalue weighted by molar-refractivity contribution is 6.17. The van der Waals surface area contributed by atoms with Crippen molar-refractivity contribution in [2.24, 2.45) is 0 Å². The monoisotopic (exact) mass is 442 g/mol. The van der Waals surface area contributed by atoms with E-state index in [0.717, 1.165) is 27.5 Å². The average molecular weight is 442 g/mol. The summed E-state index contributed by atoms with van der Waals surface area (Å²) in [6.45, 7) is 0. The fourth-order valence-corrected chi connectivity index (χ4v) is 3.97. The molecule has 161 valence electrons. The molecule has 2 heterocycles. The smallest absolute Gasteiger partial charge is 0.537 e. The van der Waals surface area contributed by atoms with Crippen molar-refractivity contribution in [2.45, 2.75) is 0 Å². The summed E-state index contributed by atoms with van der Waals surface area (Å²) >= 11 is 0. The van der Waals surface area contributed by atoms with Crippen molar-refractivity contribution in [3.8, 4) is 39.9 Å². The molecule has 0 unspecified atom stereocenters. The molecule has 0 fully saturated rings. The summed E-state index contributed by atoms with van der Waals surface area (Å²) in [6.07, 6.45) is 0. The van der Waals surface area contributed by atoms with Gasteiger partial charge in [0, 0.05) is 33.5 Å². The Labute approximate surface area is 195 Å². The van der Waals surface area contributed by atoms with Gasteiger partial charge < -0.3 is 14.1 Å². The Balaban J connectivity index is 1.51. The van der Waals surface area contributed by atoms with Gasteiger partial charge in [0.15, 0.2) is 17.5 Å². The van der Waals surface area contributed by atoms with Gasteiger partial charge in [0.25, 0.3) is 0 Å². The molecule has 1 N–H and O–H groups in total. The molecule has 0 aliphatic carbocycles. The first-order valence-electron chi connectivity index (χ1n) is 10.7. The van der Waals surface area contributed by atoms with Gasteiger partial charge in [-0.3, -0.25) is 0 Å². The van der Waals surface area contributed by atoms with E-state index in [9.17, 15) is 0 Å². The highest BCUT2D eigenvalue weighted by Gasteiger charge is 2.14. The zero-order valence-corrected chi connectivity index (χ0v) is 17.9. The van der Waals surface area contributed by atoms with Gasteiger partial charge in [0.2, 0.25) is 0 Å². The third-order valence-electron chi connectivity index (χ3n) is 5.59. The fraction of sp³-hybridized carbons (Fsp3) is 0. The lowest BCUT2D eigenvalue weighted by molar-refractivity contribution is 0.453. The maximum atomic E-state index is 8.91. The van der Waals surface area contributed by atoms with Crippen LogP contribution in [0.2, 0.25) is 0 Å². The Morgan fingerprint density at radius 2 is 1.12 bits per heavy atom. The second-order valence-electron chi connectivity index (χ2n) is 7.73. The summed E-state index contributed by atoms with van der Waals surface area (Å²) in [7, 11) is 0.650. The number of rotatable bonds is 5. The summed E-state index contributed by atoms with van der Waals surface area (Å²) in [4.78, 5) is 14.3. The number of nitrogens with zero attached hydrogens (tertiary/aromatic N) is 3. The lowest BCUT2D eigenvalue weighted by atomic mass is 10.1. The van der Waals surface area contributed by atoms with Crippen LogP contribution in [-0.4, -0.2) is 27.7 Å². The number of hydrogen-bond donors (Lipinski definition) is 1. The minimum absolute atomic E-state index is 0.492. The van der Waals surface area contributed by atoms with Gasteiger partial charge in [-0.1, -0.05) is 66.7 Å². The molecule has 0 amide bonds. The van der Waals surface area contributed by atoms with E-state index in [2.05, 4.69) is 0 Å². The van der Waals surface area contributed by atoms with Crippen molar-refractivity contribution < 1.29 is 14.1 Å². The topological polar surface area (TPSA) is 81.3 Å². The number of hydrogen-bond acceptors (Lipinski definition) is 6. The molecule has 34 heavy (non-hydrogen) atoms. The summed E-state index contributed by atoms with van der Waals surface area (Å²) < 4.78 is 11.1. The Bertz CT molecular complexity index is 1560. The van der Waals surface area contributed by atoms with Crippen LogP contribution in [0.15, 0.2) is 101 Å². The zero-order chi connectivity index (χ0) is 22.9. The predicted molar refractivity (Wildman–Crippen MR) is 132 cm³/mol. The quantitative estimate of drug-likeness (QED) is 0.346. The van der Waals surface area contributed by atoms with Gasteiger partial charge in [0.05, 0.1) is 0 Å². The zero-order valence-electron chi connectivity index (χ0n) is 17.9. The first kappa shape index (κ1) is 20.1. The maximum Gasteiger partial charge on any atom is 0.569 e. The van der Waals surface area contributed by atoms with Crippen LogP contribution in [0, 0.1) is 0 Å². The molecule has 1 radical (unpaired) electrons. The summed E-state index contributed by atoms with van der Waals surface area (Å²) in [5.74, 6) is 2.27. The van der Waals surface area contributed by atoms with Crippen molar-refractivity contribution >= 4 is 29.6 Å². The Hall–Kier alpha value is -4.49. The normalized spacial score (nSPS) is 11.1. The minimum Gasteiger partial charge on any atom is -0.537 e. The molecule has 2 aromatic heterocycles. The van der Waals surface area contributed by atoms with Crippen LogP contribution in [-0.2, 0) is 0 Å². The molecule has 0 aliphatic heterocycles. The van der Waals surface area contributed by atoms with E-state index < -0.39 is 0 Å². The lowest BCUT2D eigenvalue weighted by Crippen LogP contribution is -2.00. The molecule has 0 saturated carbocycles. The Kier molecular flexibility index (Phi) is 5.01. The van der Waals surface area contributed by atoms with Gasteiger partial charge in [-0.2, -0.15) is 0 Å². The van der Waals surface area contributed by atoms with Crippen LogP contribution in [0.25, 0.3) is 56.1 Å². The van der Waals surface area contributed by atoms with E-state index in [1.54, 1.807) is 12.1 Å². The van der Waals surface area contributed by atoms with E-state index in [1.807, 2.05) is 84.9 Å². The molecule has 0 spiro atoms. The number of fused-ring (bicyclic) bond motifs is 3. The van der Waals surface area contributed by atoms with Gasteiger partial charge in [0.1, 0.15) is 16.9 Å². The number of furan rings is 1. The predicted octanol–water partition coefficient (Wildman–Crippen LogP) is 5.68. The van der Waals surface area contributed by atoms with Crippen molar-refractivity contribution in [3.63, 3.8) is 0 Å². The lowest BCUT2D eigenvalue weighted by Gasteiger charge is -2.08. The third-order valence-corrected chi connectivity index (χ3v) is 5.59. The minimum atomic E-state index is 0.492. The summed E-state index contributed by atoms with van der Waals surface area (Å²) in [5, 5.41) is 10.8. The van der Waals surface area contributed by atoms with Crippen molar-refractivity contribution in [1.82, 2.24) is 15.0 Å². The van der Waals surface area contributed by atoms with E-state index in [1.165, 1.54) is 0 Å². The largest absolute Gasteiger partial charge is 0.569 e. The fourth-order valence-electron chi connectivity index (χ4n) is 3.97. The number of aromatic nitrogens is 3. The van der Waals surface area contributed by atoms with E-state index >= 15 is 0 Å². The first-order valence-corrected chi connectivity index (χ1v) is 10.7. The second kappa shape index (κ2) is 8.46. The van der Waals surface area contributed by atoms with Crippen LogP contribution in [0.5, 0.6) is 5.75 Å². The molecular formula is C27H17BN3O3. The third kappa shape index (κ3) is 3.68. The van der Waals surface area contributed by atoms with Crippen molar-refractivity contribution in [3.05, 3.63) is 97.1 Å². The molecule has 0 atom stereocenters. The van der Waals surface area contributed by atoms with Crippen LogP contribution in [0.3, 0.4) is 0 Å². The molecule has 0 saturated heterocycles. The van der Waals surface area contributed by atoms with Crippen molar-refractivity contribution in [2.75, 3.05) is 0 Å². The van der Waals surface area contributed by atoms with Gasteiger partial charge in [-0.25, -0.2) is 15.0 Å². The maximum absolute atomic E-state index is 8.91. The van der Waals surface area contributed by atoms with Gasteiger partial charge in [-0.15, -0.1) is 0 Å². The van der Waals surface area contributed by atoms with E-state index in [-0.39, 0.29) is 0 Å². The van der Waals surface area contributed by atoms with Crippen LogP contribution in [0.4, 0.5) is 0 Å². The van der Waals surface area contributed by atoms with E-state index in [4.69, 9.17) is 29.0 Å². The molecule has 6 nitrogen and oxygen atoms in total. The molecule has 0 aliphatic rings. The molecular weight excluding hydrogens is 425 g/mol. The number of benzene rings is 4. The van der Waals surface area contributed by atoms with Crippen LogP contribution in [0.1, 0.15) is 0 Å². The van der Waals surface area contributed by atoms with Crippen LogP contribution >= 0.6 is 0 Å². The SMILES string of the molecule is O[B]Oc1ccc2c(c1)oc1cc(-c3nc(-c4ccccc4)nc(-c4ccccc4)n3)ccc12. The Morgan fingerprint density at radius 3 is 1.71 bits per heavy atom. The highest BCUT2D eigenvalue weighted by atomic mass is 16.5. The van der Waals surface area contributed by atoms with Gasteiger partial charge >= 0.3 is 7.69 Å². The molecule has 6 aromatic rings. The Morgan fingerprint density at radius 1 is 0.588 bits per heavy atom. The summed E-state index contributed by atoms with van der Waals surface area (Å²) in [6, 6.07) is 31.1. The average Bonchev–Trinajstić information content (AvgIpc) is 3.26. The van der Waals surface area contributed by atoms with E-state index in [0.29, 0.717) is 42.1 Å². The van der Waals surface area contributed by atoms with Crippen LogP contribution < -0.4 is 4.65 Å². The highest BCUT2D eigenvalue weighted by Crippen LogP contribution is 2.34. The molecule has 4 aromatic carbocycles. The first-order chi connectivity index (χ1) is 16.8. The second-order valence-corrected chi connectivity index (χ2v) is 7.73. The van der Waals surface area contributed by atoms with Gasteiger partial charge in [-0.05, 0) is 24.3 Å².